The summed E-state index contributed by atoms with van der Waals surface area (Å²) in [7, 11) is 0. The van der Waals surface area contributed by atoms with E-state index in [9.17, 15) is 4.79 Å². The van der Waals surface area contributed by atoms with Crippen LogP contribution in [0.4, 0.5) is 0 Å². The summed E-state index contributed by atoms with van der Waals surface area (Å²) < 4.78 is 5.82. The molecule has 20 heavy (non-hydrogen) atoms. The summed E-state index contributed by atoms with van der Waals surface area (Å²) in [4.78, 5) is 16.3. The number of amides is 1. The quantitative estimate of drug-likeness (QED) is 0.760. The van der Waals surface area contributed by atoms with E-state index in [-0.39, 0.29) is 18.1 Å². The zero-order valence-electron chi connectivity index (χ0n) is 11.7. The molecule has 0 N–H and O–H groups in total. The van der Waals surface area contributed by atoms with E-state index in [4.69, 9.17) is 4.74 Å². The van der Waals surface area contributed by atoms with E-state index in [0.717, 1.165) is 31.1 Å². The molecule has 2 heterocycles. The summed E-state index contributed by atoms with van der Waals surface area (Å²) in [6.45, 7) is 3.48. The second-order valence-corrected chi connectivity index (χ2v) is 7.36. The van der Waals surface area contributed by atoms with Gasteiger partial charge in [0.05, 0.1) is 18.1 Å². The molecule has 0 radical (unpaired) electrons. The van der Waals surface area contributed by atoms with Crippen LogP contribution in [-0.4, -0.2) is 41.4 Å². The molecule has 3 rings (SSSR count). The molecule has 0 spiro atoms. The minimum absolute atomic E-state index is 0.0753. The molecule has 1 fully saturated rings. The van der Waals surface area contributed by atoms with E-state index in [2.05, 4.69) is 27.4 Å². The van der Waals surface area contributed by atoms with Gasteiger partial charge in [0.1, 0.15) is 0 Å². The first-order valence-electron chi connectivity index (χ1n) is 7.25. The van der Waals surface area contributed by atoms with Gasteiger partial charge in [-0.15, -0.1) is 11.3 Å². The summed E-state index contributed by atoms with van der Waals surface area (Å²) in [5, 5.41) is 2.91. The Morgan fingerprint density at radius 1 is 1.55 bits per heavy atom. The maximum atomic E-state index is 12.9. The van der Waals surface area contributed by atoms with Gasteiger partial charge in [-0.2, -0.15) is 0 Å². The highest BCUT2D eigenvalue weighted by Gasteiger charge is 2.34. The minimum Gasteiger partial charge on any atom is -0.371 e. The number of fused-ring (bicyclic) bond motifs is 1. The molecule has 1 amide bonds. The lowest BCUT2D eigenvalue weighted by atomic mass is 9.86. The molecular formula is C15H20BrNO2S. The second kappa shape index (κ2) is 6.16. The van der Waals surface area contributed by atoms with Crippen LogP contribution in [0.2, 0.25) is 0 Å². The number of nitrogens with zero attached hydrogens (tertiary/aromatic N) is 1. The van der Waals surface area contributed by atoms with Crippen LogP contribution in [0, 0.1) is 0 Å². The Balaban J connectivity index is 1.76. The zero-order valence-corrected chi connectivity index (χ0v) is 14.1. The number of morpholine rings is 1. The average molecular weight is 358 g/mol. The SMILES string of the molecule is CC1CN(C(=O)C2CCCc3sccc32)CC(CBr)O1. The monoisotopic (exact) mass is 357 g/mol. The van der Waals surface area contributed by atoms with E-state index in [1.54, 1.807) is 11.3 Å². The third-order valence-corrected chi connectivity index (χ3v) is 5.88. The number of halogens is 1. The van der Waals surface area contributed by atoms with Gasteiger partial charge in [-0.3, -0.25) is 4.79 Å². The summed E-state index contributed by atoms with van der Waals surface area (Å²) in [6, 6.07) is 2.15. The van der Waals surface area contributed by atoms with Crippen molar-refractivity contribution in [1.29, 1.82) is 0 Å². The number of alkyl halides is 1. The molecular weight excluding hydrogens is 338 g/mol. The number of hydrogen-bond donors (Lipinski definition) is 0. The summed E-state index contributed by atoms with van der Waals surface area (Å²) >= 11 is 5.27. The van der Waals surface area contributed by atoms with E-state index < -0.39 is 0 Å². The second-order valence-electron chi connectivity index (χ2n) is 5.71. The summed E-state index contributed by atoms with van der Waals surface area (Å²) in [6.07, 6.45) is 3.51. The largest absolute Gasteiger partial charge is 0.371 e. The first-order chi connectivity index (χ1) is 9.69. The van der Waals surface area contributed by atoms with Crippen LogP contribution in [0.1, 0.15) is 36.1 Å². The van der Waals surface area contributed by atoms with Crippen LogP contribution in [0.5, 0.6) is 0 Å². The molecule has 0 saturated carbocycles. The third kappa shape index (κ3) is 2.81. The first kappa shape index (κ1) is 14.5. The minimum atomic E-state index is 0.0753. The van der Waals surface area contributed by atoms with Gasteiger partial charge in [-0.25, -0.2) is 0 Å². The number of aryl methyl sites for hydroxylation is 1. The van der Waals surface area contributed by atoms with Crippen molar-refractivity contribution in [3.63, 3.8) is 0 Å². The fourth-order valence-corrected chi connectivity index (χ4v) is 4.62. The van der Waals surface area contributed by atoms with Crippen molar-refractivity contribution in [3.05, 3.63) is 21.9 Å². The highest BCUT2D eigenvalue weighted by atomic mass is 79.9. The fourth-order valence-electron chi connectivity index (χ4n) is 3.27. The van der Waals surface area contributed by atoms with Gasteiger partial charge in [0.2, 0.25) is 5.91 Å². The predicted octanol–water partition coefficient (Wildman–Crippen LogP) is 3.18. The van der Waals surface area contributed by atoms with Crippen LogP contribution in [0.3, 0.4) is 0 Å². The molecule has 2 aliphatic rings. The molecule has 1 aromatic heterocycles. The lowest BCUT2D eigenvalue weighted by Crippen LogP contribution is -2.51. The maximum absolute atomic E-state index is 12.9. The number of hydrogen-bond acceptors (Lipinski definition) is 3. The Morgan fingerprint density at radius 2 is 2.40 bits per heavy atom. The van der Waals surface area contributed by atoms with E-state index in [1.165, 1.54) is 10.4 Å². The average Bonchev–Trinajstić information content (AvgIpc) is 2.94. The van der Waals surface area contributed by atoms with Crippen molar-refractivity contribution < 1.29 is 9.53 Å². The van der Waals surface area contributed by atoms with Crippen molar-refractivity contribution in [2.24, 2.45) is 0 Å². The number of carbonyl (C=O) groups is 1. The van der Waals surface area contributed by atoms with E-state index in [1.807, 2.05) is 11.8 Å². The molecule has 3 atom stereocenters. The summed E-state index contributed by atoms with van der Waals surface area (Å²) in [5.41, 5.74) is 1.28. The van der Waals surface area contributed by atoms with Gasteiger partial charge in [-0.05, 0) is 43.2 Å². The van der Waals surface area contributed by atoms with Gasteiger partial charge < -0.3 is 9.64 Å². The molecule has 5 heteroatoms. The van der Waals surface area contributed by atoms with Crippen molar-refractivity contribution in [3.8, 4) is 0 Å². The van der Waals surface area contributed by atoms with Gasteiger partial charge in [0.15, 0.2) is 0 Å². The number of rotatable bonds is 2. The zero-order chi connectivity index (χ0) is 14.1. The van der Waals surface area contributed by atoms with Crippen molar-refractivity contribution in [1.82, 2.24) is 4.90 Å². The molecule has 3 unspecified atom stereocenters. The van der Waals surface area contributed by atoms with Crippen molar-refractivity contribution >= 4 is 33.2 Å². The number of thiophene rings is 1. The summed E-state index contributed by atoms with van der Waals surface area (Å²) in [5.74, 6) is 0.372. The third-order valence-electron chi connectivity index (χ3n) is 4.16. The smallest absolute Gasteiger partial charge is 0.230 e. The molecule has 1 saturated heterocycles. The van der Waals surface area contributed by atoms with Crippen LogP contribution >= 0.6 is 27.3 Å². The molecule has 0 aromatic carbocycles. The Morgan fingerprint density at radius 3 is 3.20 bits per heavy atom. The maximum Gasteiger partial charge on any atom is 0.230 e. The van der Waals surface area contributed by atoms with Crippen molar-refractivity contribution in [2.75, 3.05) is 18.4 Å². The first-order valence-corrected chi connectivity index (χ1v) is 9.25. The molecule has 3 nitrogen and oxygen atoms in total. The van der Waals surface area contributed by atoms with Gasteiger partial charge >= 0.3 is 0 Å². The van der Waals surface area contributed by atoms with Gasteiger partial charge in [0.25, 0.3) is 0 Å². The van der Waals surface area contributed by atoms with Gasteiger partial charge in [-0.1, -0.05) is 15.9 Å². The molecule has 1 aromatic rings. The van der Waals surface area contributed by atoms with Crippen LogP contribution in [-0.2, 0) is 16.0 Å². The molecule has 1 aliphatic carbocycles. The Hall–Kier alpha value is -0.390. The number of ether oxygens (including phenoxy) is 1. The topological polar surface area (TPSA) is 29.5 Å². The lowest BCUT2D eigenvalue weighted by Gasteiger charge is -2.38. The highest BCUT2D eigenvalue weighted by Crippen LogP contribution is 2.36. The fraction of sp³-hybridized carbons (Fsp3) is 0.667. The molecule has 110 valence electrons. The number of carbonyl (C=O) groups excluding carboxylic acids is 1. The molecule has 1 aliphatic heterocycles. The van der Waals surface area contributed by atoms with E-state index in [0.29, 0.717) is 12.5 Å². The van der Waals surface area contributed by atoms with Crippen LogP contribution in [0.15, 0.2) is 11.4 Å². The lowest BCUT2D eigenvalue weighted by molar-refractivity contribution is -0.144. The Labute approximate surface area is 132 Å². The van der Waals surface area contributed by atoms with E-state index >= 15 is 0 Å². The van der Waals surface area contributed by atoms with Crippen LogP contribution < -0.4 is 0 Å². The van der Waals surface area contributed by atoms with Gasteiger partial charge in [0, 0.05) is 23.3 Å². The Bertz CT molecular complexity index is 490. The highest BCUT2D eigenvalue weighted by molar-refractivity contribution is 9.09. The standard InChI is InChI=1S/C15H20BrNO2S/c1-10-8-17(9-11(7-16)19-10)15(18)13-3-2-4-14-12(13)5-6-20-14/h5-6,10-11,13H,2-4,7-9H2,1H3. The molecule has 0 bridgehead atoms. The Kier molecular flexibility index (Phi) is 4.48. The predicted molar refractivity (Wildman–Crippen MR) is 84.7 cm³/mol. The van der Waals surface area contributed by atoms with Crippen molar-refractivity contribution in [2.45, 2.75) is 44.3 Å². The van der Waals surface area contributed by atoms with Crippen LogP contribution in [0.25, 0.3) is 0 Å². The normalized spacial score (nSPS) is 30.1.